The Morgan fingerprint density at radius 2 is 1.89 bits per heavy atom. The van der Waals surface area contributed by atoms with E-state index in [1.165, 1.54) is 16.3 Å². The Labute approximate surface area is 159 Å². The molecule has 27 heavy (non-hydrogen) atoms. The van der Waals surface area contributed by atoms with Gasteiger partial charge in [0.05, 0.1) is 23.8 Å². The third kappa shape index (κ3) is 3.43. The third-order valence-electron chi connectivity index (χ3n) is 4.08. The van der Waals surface area contributed by atoms with Gasteiger partial charge >= 0.3 is 0 Å². The van der Waals surface area contributed by atoms with Crippen LogP contribution in [0, 0.1) is 0 Å². The van der Waals surface area contributed by atoms with Gasteiger partial charge in [0.15, 0.2) is 5.16 Å². The molecule has 0 bridgehead atoms. The van der Waals surface area contributed by atoms with E-state index in [9.17, 15) is 4.79 Å². The number of benzene rings is 2. The van der Waals surface area contributed by atoms with Crippen LogP contribution in [0.1, 0.15) is 5.89 Å². The molecule has 0 fully saturated rings. The van der Waals surface area contributed by atoms with E-state index in [0.717, 1.165) is 11.3 Å². The highest BCUT2D eigenvalue weighted by atomic mass is 32.2. The minimum atomic E-state index is -0.0763. The van der Waals surface area contributed by atoms with Gasteiger partial charge < -0.3 is 9.26 Å². The zero-order valence-electron chi connectivity index (χ0n) is 14.7. The average molecular weight is 380 g/mol. The summed E-state index contributed by atoms with van der Waals surface area (Å²) in [4.78, 5) is 21.4. The lowest BCUT2D eigenvalue weighted by Crippen LogP contribution is -2.19. The van der Waals surface area contributed by atoms with E-state index in [2.05, 4.69) is 15.1 Å². The molecule has 0 saturated carbocycles. The van der Waals surface area contributed by atoms with Gasteiger partial charge in [0.2, 0.25) is 11.7 Å². The summed E-state index contributed by atoms with van der Waals surface area (Å²) in [5.74, 6) is 2.16. The number of ether oxygens (including phenoxy) is 1. The van der Waals surface area contributed by atoms with Gasteiger partial charge in [0.25, 0.3) is 5.56 Å². The molecule has 2 aromatic heterocycles. The molecule has 2 aromatic carbocycles. The highest BCUT2D eigenvalue weighted by Crippen LogP contribution is 2.23. The van der Waals surface area contributed by atoms with Crippen LogP contribution in [0.3, 0.4) is 0 Å². The number of hydrogen-bond acceptors (Lipinski definition) is 7. The van der Waals surface area contributed by atoms with Gasteiger partial charge in [-0.15, -0.1) is 0 Å². The first-order valence-corrected chi connectivity index (χ1v) is 9.20. The Bertz CT molecular complexity index is 1150. The van der Waals surface area contributed by atoms with Crippen LogP contribution in [0.25, 0.3) is 22.3 Å². The molecule has 0 aliphatic rings. The fourth-order valence-corrected chi connectivity index (χ4v) is 3.43. The molecule has 0 atom stereocenters. The fraction of sp³-hybridized carbons (Fsp3) is 0.158. The van der Waals surface area contributed by atoms with Crippen LogP contribution in [0.4, 0.5) is 0 Å². The van der Waals surface area contributed by atoms with E-state index in [1.54, 1.807) is 20.2 Å². The number of nitrogens with zero attached hydrogens (tertiary/aromatic N) is 4. The summed E-state index contributed by atoms with van der Waals surface area (Å²) in [6, 6.07) is 14.7. The molecule has 0 aliphatic carbocycles. The number of methoxy groups -OCH3 is 1. The molecule has 7 nitrogen and oxygen atoms in total. The molecular formula is C19H16N4O3S. The molecule has 0 radical (unpaired) electrons. The molecule has 2 heterocycles. The van der Waals surface area contributed by atoms with Crippen molar-refractivity contribution in [2.45, 2.75) is 10.9 Å². The maximum atomic E-state index is 12.4. The molecule has 0 saturated heterocycles. The number of para-hydroxylation sites is 1. The van der Waals surface area contributed by atoms with Gasteiger partial charge in [-0.3, -0.25) is 9.36 Å². The van der Waals surface area contributed by atoms with Crippen molar-refractivity contribution < 1.29 is 9.26 Å². The lowest BCUT2D eigenvalue weighted by atomic mass is 10.2. The monoisotopic (exact) mass is 380 g/mol. The lowest BCUT2D eigenvalue weighted by molar-refractivity contribution is 0.391. The highest BCUT2D eigenvalue weighted by Gasteiger charge is 2.12. The summed E-state index contributed by atoms with van der Waals surface area (Å²) in [7, 11) is 3.33. The second-order valence-electron chi connectivity index (χ2n) is 5.80. The predicted octanol–water partition coefficient (Wildman–Crippen LogP) is 3.28. The lowest BCUT2D eigenvalue weighted by Gasteiger charge is -2.07. The molecular weight excluding hydrogens is 364 g/mol. The van der Waals surface area contributed by atoms with Gasteiger partial charge in [0.1, 0.15) is 5.75 Å². The first-order chi connectivity index (χ1) is 13.2. The SMILES string of the molecule is COc1ccc(-c2noc(CSc3nc4ccccc4c(=O)n3C)n2)cc1. The van der Waals surface area contributed by atoms with E-state index in [1.807, 2.05) is 42.5 Å². The summed E-state index contributed by atoms with van der Waals surface area (Å²) in [5, 5.41) is 5.22. The standard InChI is InChI=1S/C19H16N4O3S/c1-23-18(24)14-5-3-4-6-15(14)20-19(23)27-11-16-21-17(22-26-16)12-7-9-13(25-2)10-8-12/h3-10H,11H2,1-2H3. The van der Waals surface area contributed by atoms with Crippen LogP contribution in [0.15, 0.2) is 63.0 Å². The van der Waals surface area contributed by atoms with Crippen molar-refractivity contribution in [3.8, 4) is 17.1 Å². The van der Waals surface area contributed by atoms with Crippen LogP contribution in [-0.4, -0.2) is 26.8 Å². The molecule has 0 spiro atoms. The molecule has 4 aromatic rings. The normalized spacial score (nSPS) is 11.0. The number of fused-ring (bicyclic) bond motifs is 1. The van der Waals surface area contributed by atoms with Crippen molar-refractivity contribution in [2.24, 2.45) is 7.05 Å². The van der Waals surface area contributed by atoms with E-state index in [-0.39, 0.29) is 5.56 Å². The number of aromatic nitrogens is 4. The molecule has 0 amide bonds. The molecule has 4 rings (SSSR count). The Kier molecular flexibility index (Phi) is 4.64. The van der Waals surface area contributed by atoms with Crippen molar-refractivity contribution in [3.63, 3.8) is 0 Å². The van der Waals surface area contributed by atoms with Crippen molar-refractivity contribution in [2.75, 3.05) is 7.11 Å². The van der Waals surface area contributed by atoms with Gasteiger partial charge in [-0.1, -0.05) is 29.1 Å². The van der Waals surface area contributed by atoms with Gasteiger partial charge in [0, 0.05) is 12.6 Å². The van der Waals surface area contributed by atoms with Crippen molar-refractivity contribution in [1.82, 2.24) is 19.7 Å². The van der Waals surface area contributed by atoms with Crippen LogP contribution < -0.4 is 10.3 Å². The predicted molar refractivity (Wildman–Crippen MR) is 103 cm³/mol. The zero-order chi connectivity index (χ0) is 18.8. The molecule has 8 heteroatoms. The van der Waals surface area contributed by atoms with Gasteiger partial charge in [-0.05, 0) is 36.4 Å². The Morgan fingerprint density at radius 3 is 2.67 bits per heavy atom. The van der Waals surface area contributed by atoms with E-state index in [0.29, 0.717) is 33.5 Å². The second-order valence-corrected chi connectivity index (χ2v) is 6.75. The maximum Gasteiger partial charge on any atom is 0.261 e. The van der Waals surface area contributed by atoms with Crippen LogP contribution in [0.5, 0.6) is 5.75 Å². The Balaban J connectivity index is 1.54. The van der Waals surface area contributed by atoms with Gasteiger partial charge in [-0.2, -0.15) is 4.98 Å². The Morgan fingerprint density at radius 1 is 1.11 bits per heavy atom. The average Bonchev–Trinajstić information content (AvgIpc) is 3.19. The van der Waals surface area contributed by atoms with E-state index >= 15 is 0 Å². The quantitative estimate of drug-likeness (QED) is 0.388. The first kappa shape index (κ1) is 17.3. The van der Waals surface area contributed by atoms with Gasteiger partial charge in [-0.25, -0.2) is 4.98 Å². The second kappa shape index (κ2) is 7.24. The van der Waals surface area contributed by atoms with Crippen molar-refractivity contribution in [1.29, 1.82) is 0 Å². The van der Waals surface area contributed by atoms with E-state index in [4.69, 9.17) is 9.26 Å². The zero-order valence-corrected chi connectivity index (χ0v) is 15.6. The summed E-state index contributed by atoms with van der Waals surface area (Å²) in [6.45, 7) is 0. The van der Waals surface area contributed by atoms with Crippen molar-refractivity contribution in [3.05, 3.63) is 64.8 Å². The number of thioether (sulfide) groups is 1. The van der Waals surface area contributed by atoms with Crippen LogP contribution >= 0.6 is 11.8 Å². The molecule has 136 valence electrons. The van der Waals surface area contributed by atoms with Crippen LogP contribution in [-0.2, 0) is 12.8 Å². The minimum Gasteiger partial charge on any atom is -0.497 e. The molecule has 0 N–H and O–H groups in total. The minimum absolute atomic E-state index is 0.0763. The summed E-state index contributed by atoms with van der Waals surface area (Å²) in [6.07, 6.45) is 0. The smallest absolute Gasteiger partial charge is 0.261 e. The summed E-state index contributed by atoms with van der Waals surface area (Å²) >= 11 is 1.38. The first-order valence-electron chi connectivity index (χ1n) is 8.21. The highest BCUT2D eigenvalue weighted by molar-refractivity contribution is 7.98. The van der Waals surface area contributed by atoms with E-state index < -0.39 is 0 Å². The number of rotatable bonds is 5. The molecule has 0 unspecified atom stereocenters. The summed E-state index contributed by atoms with van der Waals surface area (Å²) < 4.78 is 12.0. The topological polar surface area (TPSA) is 83.0 Å². The van der Waals surface area contributed by atoms with Crippen molar-refractivity contribution >= 4 is 22.7 Å². The summed E-state index contributed by atoms with van der Waals surface area (Å²) in [5.41, 5.74) is 1.44. The number of hydrogen-bond donors (Lipinski definition) is 0. The molecule has 0 aliphatic heterocycles. The largest absolute Gasteiger partial charge is 0.497 e. The third-order valence-corrected chi connectivity index (χ3v) is 5.10. The maximum absolute atomic E-state index is 12.4. The Hall–Kier alpha value is -3.13. The van der Waals surface area contributed by atoms with Crippen LogP contribution in [0.2, 0.25) is 0 Å². The fourth-order valence-electron chi connectivity index (χ4n) is 2.62.